The van der Waals surface area contributed by atoms with Crippen LogP contribution in [0.5, 0.6) is 0 Å². The zero-order chi connectivity index (χ0) is 11.8. The second kappa shape index (κ2) is 3.87. The van der Waals surface area contributed by atoms with Gasteiger partial charge in [-0.3, -0.25) is 15.1 Å². The van der Waals surface area contributed by atoms with Crippen molar-refractivity contribution in [2.24, 2.45) is 0 Å². The third-order valence-corrected chi connectivity index (χ3v) is 2.89. The zero-order valence-corrected chi connectivity index (χ0v) is 9.87. The molecule has 1 atom stereocenters. The minimum atomic E-state index is -0.514. The molecule has 4 nitrogen and oxygen atoms in total. The smallest absolute Gasteiger partial charge is 0.239 e. The van der Waals surface area contributed by atoms with Gasteiger partial charge in [-0.2, -0.15) is 0 Å². The van der Waals surface area contributed by atoms with E-state index < -0.39 is 5.54 Å². The van der Waals surface area contributed by atoms with Gasteiger partial charge in [-0.1, -0.05) is 0 Å². The number of hydrogen-bond acceptors (Lipinski definition) is 3. The van der Waals surface area contributed by atoms with E-state index in [2.05, 4.69) is 15.6 Å². The first-order chi connectivity index (χ1) is 7.49. The molecule has 0 radical (unpaired) electrons. The number of pyridine rings is 1. The fourth-order valence-electron chi connectivity index (χ4n) is 1.95. The Morgan fingerprint density at radius 2 is 2.25 bits per heavy atom. The summed E-state index contributed by atoms with van der Waals surface area (Å²) in [5.41, 5.74) is 1.65. The van der Waals surface area contributed by atoms with Gasteiger partial charge >= 0.3 is 0 Å². The van der Waals surface area contributed by atoms with E-state index in [-0.39, 0.29) is 11.9 Å². The summed E-state index contributed by atoms with van der Waals surface area (Å²) in [5, 5.41) is 6.26. The van der Waals surface area contributed by atoms with Crippen LogP contribution in [0.4, 0.5) is 0 Å². The summed E-state index contributed by atoms with van der Waals surface area (Å²) in [4.78, 5) is 15.7. The van der Waals surface area contributed by atoms with Crippen molar-refractivity contribution in [3.8, 4) is 0 Å². The van der Waals surface area contributed by atoms with Crippen LogP contribution in [0.25, 0.3) is 0 Å². The minimum Gasteiger partial charge on any atom is -0.353 e. The standard InChI is InChI=1S/C12H17N3O/c1-8-6-9(4-5-13-8)10-7-14-11(16)12(2,3)15-10/h4-6,10,15H,7H2,1-3H3,(H,14,16). The Kier molecular flexibility index (Phi) is 2.68. The molecule has 1 fully saturated rings. The first-order valence-corrected chi connectivity index (χ1v) is 5.47. The van der Waals surface area contributed by atoms with Crippen molar-refractivity contribution in [2.45, 2.75) is 32.4 Å². The first-order valence-electron chi connectivity index (χ1n) is 5.47. The number of amides is 1. The van der Waals surface area contributed by atoms with Gasteiger partial charge in [0.2, 0.25) is 5.91 Å². The van der Waals surface area contributed by atoms with Crippen LogP contribution in [0.3, 0.4) is 0 Å². The average molecular weight is 219 g/mol. The summed E-state index contributed by atoms with van der Waals surface area (Å²) in [6.07, 6.45) is 1.80. The lowest BCUT2D eigenvalue weighted by Crippen LogP contribution is -2.60. The fourth-order valence-corrected chi connectivity index (χ4v) is 1.95. The Hall–Kier alpha value is -1.42. The lowest BCUT2D eigenvalue weighted by Gasteiger charge is -2.36. The molecule has 0 spiro atoms. The topological polar surface area (TPSA) is 54.0 Å². The Balaban J connectivity index is 2.21. The number of hydrogen-bond donors (Lipinski definition) is 2. The Labute approximate surface area is 95.5 Å². The van der Waals surface area contributed by atoms with Crippen molar-refractivity contribution in [3.05, 3.63) is 29.6 Å². The SMILES string of the molecule is Cc1cc(C2CNC(=O)C(C)(C)N2)ccn1. The highest BCUT2D eigenvalue weighted by Gasteiger charge is 2.35. The van der Waals surface area contributed by atoms with Gasteiger partial charge in [-0.05, 0) is 38.5 Å². The van der Waals surface area contributed by atoms with Crippen LogP contribution < -0.4 is 10.6 Å². The van der Waals surface area contributed by atoms with E-state index in [9.17, 15) is 4.79 Å². The van der Waals surface area contributed by atoms with Gasteiger partial charge in [0.1, 0.15) is 0 Å². The van der Waals surface area contributed by atoms with Gasteiger partial charge in [-0.15, -0.1) is 0 Å². The lowest BCUT2D eigenvalue weighted by atomic mass is 9.95. The number of piperazine rings is 1. The number of aryl methyl sites for hydroxylation is 1. The highest BCUT2D eigenvalue weighted by molar-refractivity contribution is 5.86. The molecule has 0 aliphatic carbocycles. The quantitative estimate of drug-likeness (QED) is 0.738. The van der Waals surface area contributed by atoms with E-state index in [0.717, 1.165) is 5.69 Å². The summed E-state index contributed by atoms with van der Waals surface area (Å²) in [6.45, 7) is 6.38. The molecular weight excluding hydrogens is 202 g/mol. The molecule has 1 aliphatic rings. The number of carbonyl (C=O) groups is 1. The Morgan fingerprint density at radius 1 is 1.50 bits per heavy atom. The van der Waals surface area contributed by atoms with Crippen LogP contribution in [0.15, 0.2) is 18.3 Å². The minimum absolute atomic E-state index is 0.0505. The van der Waals surface area contributed by atoms with E-state index in [1.54, 1.807) is 6.20 Å². The van der Waals surface area contributed by atoms with E-state index in [1.807, 2.05) is 32.9 Å². The number of rotatable bonds is 1. The van der Waals surface area contributed by atoms with Gasteiger partial charge in [0.05, 0.1) is 11.6 Å². The highest BCUT2D eigenvalue weighted by Crippen LogP contribution is 2.20. The summed E-state index contributed by atoms with van der Waals surface area (Å²) in [7, 11) is 0. The van der Waals surface area contributed by atoms with Gasteiger partial charge in [-0.25, -0.2) is 0 Å². The van der Waals surface area contributed by atoms with E-state index in [4.69, 9.17) is 0 Å². The van der Waals surface area contributed by atoms with Crippen LogP contribution in [-0.2, 0) is 4.79 Å². The highest BCUT2D eigenvalue weighted by atomic mass is 16.2. The zero-order valence-electron chi connectivity index (χ0n) is 9.87. The maximum Gasteiger partial charge on any atom is 0.239 e. The van der Waals surface area contributed by atoms with E-state index in [0.29, 0.717) is 6.54 Å². The predicted molar refractivity (Wildman–Crippen MR) is 61.9 cm³/mol. The molecule has 1 aromatic rings. The maximum absolute atomic E-state index is 11.6. The molecule has 0 bridgehead atoms. The molecule has 2 heterocycles. The van der Waals surface area contributed by atoms with Crippen molar-refractivity contribution < 1.29 is 4.79 Å². The number of aromatic nitrogens is 1. The molecule has 86 valence electrons. The van der Waals surface area contributed by atoms with Crippen LogP contribution >= 0.6 is 0 Å². The summed E-state index contributed by atoms with van der Waals surface area (Å²) in [5.74, 6) is 0.0505. The molecule has 16 heavy (non-hydrogen) atoms. The summed E-state index contributed by atoms with van der Waals surface area (Å²) >= 11 is 0. The number of nitrogens with one attached hydrogen (secondary N) is 2. The maximum atomic E-state index is 11.6. The largest absolute Gasteiger partial charge is 0.353 e. The Morgan fingerprint density at radius 3 is 2.88 bits per heavy atom. The normalized spacial score (nSPS) is 23.9. The molecule has 1 unspecified atom stereocenters. The van der Waals surface area contributed by atoms with Crippen molar-refractivity contribution in [1.29, 1.82) is 0 Å². The molecule has 1 aliphatic heterocycles. The van der Waals surface area contributed by atoms with Gasteiger partial charge in [0.15, 0.2) is 0 Å². The van der Waals surface area contributed by atoms with Crippen LogP contribution in [0, 0.1) is 6.92 Å². The third-order valence-electron chi connectivity index (χ3n) is 2.89. The molecule has 4 heteroatoms. The third kappa shape index (κ3) is 2.07. The average Bonchev–Trinajstić information content (AvgIpc) is 2.22. The molecule has 0 saturated carbocycles. The van der Waals surface area contributed by atoms with Crippen molar-refractivity contribution >= 4 is 5.91 Å². The van der Waals surface area contributed by atoms with E-state index >= 15 is 0 Å². The monoisotopic (exact) mass is 219 g/mol. The van der Waals surface area contributed by atoms with E-state index in [1.165, 1.54) is 5.56 Å². The van der Waals surface area contributed by atoms with Crippen molar-refractivity contribution in [1.82, 2.24) is 15.6 Å². The second-order valence-corrected chi connectivity index (χ2v) is 4.76. The summed E-state index contributed by atoms with van der Waals surface area (Å²) < 4.78 is 0. The van der Waals surface area contributed by atoms with Crippen molar-refractivity contribution in [2.75, 3.05) is 6.54 Å². The molecular formula is C12H17N3O. The molecule has 1 saturated heterocycles. The second-order valence-electron chi connectivity index (χ2n) is 4.76. The number of nitrogens with zero attached hydrogens (tertiary/aromatic N) is 1. The van der Waals surface area contributed by atoms with Crippen molar-refractivity contribution in [3.63, 3.8) is 0 Å². The predicted octanol–water partition coefficient (Wildman–Crippen LogP) is 0.929. The Bertz CT molecular complexity index is 414. The molecule has 1 aromatic heterocycles. The fraction of sp³-hybridized carbons (Fsp3) is 0.500. The van der Waals surface area contributed by atoms with Crippen LogP contribution in [-0.4, -0.2) is 23.0 Å². The lowest BCUT2D eigenvalue weighted by molar-refractivity contribution is -0.128. The molecule has 0 aromatic carbocycles. The first kappa shape index (κ1) is 11.1. The van der Waals surface area contributed by atoms with Gasteiger partial charge in [0.25, 0.3) is 0 Å². The molecule has 1 amide bonds. The molecule has 2 rings (SSSR count). The number of carbonyl (C=O) groups excluding carboxylic acids is 1. The van der Waals surface area contributed by atoms with Crippen LogP contribution in [0.2, 0.25) is 0 Å². The van der Waals surface area contributed by atoms with Gasteiger partial charge in [0, 0.05) is 18.4 Å². The molecule has 2 N–H and O–H groups in total. The summed E-state index contributed by atoms with van der Waals surface area (Å²) in [6, 6.07) is 4.19. The van der Waals surface area contributed by atoms with Gasteiger partial charge < -0.3 is 5.32 Å². The van der Waals surface area contributed by atoms with Crippen LogP contribution in [0.1, 0.15) is 31.1 Å².